The van der Waals surface area contributed by atoms with Crippen molar-refractivity contribution in [2.24, 2.45) is 0 Å². The molecule has 0 fully saturated rings. The first-order chi connectivity index (χ1) is 26.3. The van der Waals surface area contributed by atoms with E-state index in [1.54, 1.807) is 0 Å². The number of hydrogen-bond acceptors (Lipinski definition) is 4. The van der Waals surface area contributed by atoms with E-state index in [1.807, 2.05) is 48.5 Å². The van der Waals surface area contributed by atoms with Crippen LogP contribution in [0.15, 0.2) is 203 Å². The Bertz CT molecular complexity index is 2860. The number of oxazole rings is 1. The maximum absolute atomic E-state index is 6.56. The van der Waals surface area contributed by atoms with Gasteiger partial charge in [0.2, 0.25) is 5.89 Å². The zero-order valence-electron chi connectivity index (χ0n) is 28.7. The summed E-state index contributed by atoms with van der Waals surface area (Å²) in [5.41, 5.74) is 14.1. The van der Waals surface area contributed by atoms with Crippen molar-refractivity contribution in [2.45, 2.75) is 0 Å². The van der Waals surface area contributed by atoms with Gasteiger partial charge in [0.1, 0.15) is 16.7 Å². The molecule has 0 atom stereocenters. The van der Waals surface area contributed by atoms with Crippen LogP contribution in [0.25, 0.3) is 77.9 Å². The molecule has 0 bridgehead atoms. The molecule has 0 saturated carbocycles. The standard InChI is InChI=1S/C49H32N2O2/c1-4-13-33(14-5-1)34-23-25-35(26-24-34)36-27-29-39(30-28-36)51(43-20-11-10-19-40(43)37-15-6-2-7-16-37)44-21-12-22-45-48(44)41-31-42-47(32-46(41)52-45)53-49(50-42)38-17-8-3-9-18-38/h1-32H. The first-order valence-electron chi connectivity index (χ1n) is 17.8. The van der Waals surface area contributed by atoms with Gasteiger partial charge < -0.3 is 13.7 Å². The van der Waals surface area contributed by atoms with Crippen molar-refractivity contribution < 1.29 is 8.83 Å². The Morgan fingerprint density at radius 3 is 1.60 bits per heavy atom. The summed E-state index contributed by atoms with van der Waals surface area (Å²) in [4.78, 5) is 7.25. The largest absolute Gasteiger partial charge is 0.456 e. The zero-order chi connectivity index (χ0) is 35.1. The fraction of sp³-hybridized carbons (Fsp3) is 0. The van der Waals surface area contributed by atoms with Crippen LogP contribution in [0.5, 0.6) is 0 Å². The van der Waals surface area contributed by atoms with Gasteiger partial charge in [0, 0.05) is 28.3 Å². The van der Waals surface area contributed by atoms with Crippen LogP contribution in [0.4, 0.5) is 17.1 Å². The van der Waals surface area contributed by atoms with Gasteiger partial charge in [-0.05, 0) is 76.3 Å². The molecule has 0 N–H and O–H groups in total. The number of hydrogen-bond donors (Lipinski definition) is 0. The van der Waals surface area contributed by atoms with E-state index in [1.165, 1.54) is 16.7 Å². The van der Waals surface area contributed by atoms with Crippen LogP contribution in [-0.2, 0) is 0 Å². The molecule has 0 aliphatic heterocycles. The molecule has 0 aliphatic rings. The summed E-state index contributed by atoms with van der Waals surface area (Å²) < 4.78 is 12.8. The predicted molar refractivity (Wildman–Crippen MR) is 218 cm³/mol. The summed E-state index contributed by atoms with van der Waals surface area (Å²) in [5, 5.41) is 1.99. The SMILES string of the molecule is c1ccc(-c2ccc(-c3ccc(N(c4ccccc4-c4ccccc4)c4cccc5oc6cc7oc(-c8ccccc8)nc7cc6c45)cc3)cc2)cc1. The number of nitrogens with zero attached hydrogens (tertiary/aromatic N) is 2. The van der Waals surface area contributed by atoms with Gasteiger partial charge in [0.15, 0.2) is 5.58 Å². The van der Waals surface area contributed by atoms with Gasteiger partial charge in [-0.25, -0.2) is 4.98 Å². The number of fused-ring (bicyclic) bond motifs is 4. The van der Waals surface area contributed by atoms with Crippen molar-refractivity contribution >= 4 is 50.1 Å². The Kier molecular flexibility index (Phi) is 7.43. The smallest absolute Gasteiger partial charge is 0.227 e. The van der Waals surface area contributed by atoms with Crippen molar-refractivity contribution in [1.29, 1.82) is 0 Å². The van der Waals surface area contributed by atoms with E-state index < -0.39 is 0 Å². The van der Waals surface area contributed by atoms with Gasteiger partial charge in [0.05, 0.1) is 16.8 Å². The van der Waals surface area contributed by atoms with Crippen molar-refractivity contribution in [1.82, 2.24) is 4.98 Å². The molecule has 8 aromatic carbocycles. The molecule has 2 heterocycles. The molecule has 250 valence electrons. The summed E-state index contributed by atoms with van der Waals surface area (Å²) in [6.45, 7) is 0. The lowest BCUT2D eigenvalue weighted by molar-refractivity contribution is 0.617. The van der Waals surface area contributed by atoms with Crippen LogP contribution < -0.4 is 4.90 Å². The average molecular weight is 681 g/mol. The highest BCUT2D eigenvalue weighted by atomic mass is 16.4. The second kappa shape index (κ2) is 12.9. The second-order valence-corrected chi connectivity index (χ2v) is 13.2. The number of anilines is 3. The van der Waals surface area contributed by atoms with Crippen LogP contribution in [0.1, 0.15) is 0 Å². The lowest BCUT2D eigenvalue weighted by Gasteiger charge is -2.28. The first-order valence-corrected chi connectivity index (χ1v) is 17.8. The van der Waals surface area contributed by atoms with E-state index in [0.717, 1.165) is 66.8 Å². The summed E-state index contributed by atoms with van der Waals surface area (Å²) in [5.74, 6) is 0.589. The number of rotatable bonds is 7. The van der Waals surface area contributed by atoms with Gasteiger partial charge >= 0.3 is 0 Å². The summed E-state index contributed by atoms with van der Waals surface area (Å²) >= 11 is 0. The van der Waals surface area contributed by atoms with Crippen molar-refractivity contribution in [2.75, 3.05) is 4.90 Å². The Morgan fingerprint density at radius 2 is 0.925 bits per heavy atom. The highest BCUT2D eigenvalue weighted by Gasteiger charge is 2.23. The normalized spacial score (nSPS) is 11.4. The highest BCUT2D eigenvalue weighted by Crippen LogP contribution is 2.46. The van der Waals surface area contributed by atoms with Crippen LogP contribution in [0.3, 0.4) is 0 Å². The minimum Gasteiger partial charge on any atom is -0.456 e. The third kappa shape index (κ3) is 5.54. The van der Waals surface area contributed by atoms with E-state index in [4.69, 9.17) is 13.8 Å². The summed E-state index contributed by atoms with van der Waals surface area (Å²) in [7, 11) is 0. The molecular weight excluding hydrogens is 649 g/mol. The lowest BCUT2D eigenvalue weighted by Crippen LogP contribution is -2.11. The van der Waals surface area contributed by atoms with Gasteiger partial charge in [-0.3, -0.25) is 0 Å². The molecule has 10 aromatic rings. The van der Waals surface area contributed by atoms with Crippen molar-refractivity contribution in [3.05, 3.63) is 194 Å². The molecule has 4 heteroatoms. The molecule has 0 spiro atoms. The molecule has 10 rings (SSSR count). The molecule has 0 aliphatic carbocycles. The van der Waals surface area contributed by atoms with Crippen molar-refractivity contribution in [3.63, 3.8) is 0 Å². The van der Waals surface area contributed by atoms with Gasteiger partial charge in [-0.1, -0.05) is 140 Å². The predicted octanol–water partition coefficient (Wildman–Crippen LogP) is 13.9. The quantitative estimate of drug-likeness (QED) is 0.168. The Morgan fingerprint density at radius 1 is 0.377 bits per heavy atom. The minimum absolute atomic E-state index is 0.589. The third-order valence-electron chi connectivity index (χ3n) is 9.93. The Hall–Kier alpha value is -7.17. The van der Waals surface area contributed by atoms with E-state index in [9.17, 15) is 0 Å². The summed E-state index contributed by atoms with van der Waals surface area (Å²) in [6.07, 6.45) is 0. The minimum atomic E-state index is 0.589. The van der Waals surface area contributed by atoms with E-state index >= 15 is 0 Å². The molecule has 0 saturated heterocycles. The highest BCUT2D eigenvalue weighted by molar-refractivity contribution is 6.16. The van der Waals surface area contributed by atoms with Crippen LogP contribution in [-0.4, -0.2) is 4.98 Å². The van der Waals surface area contributed by atoms with Crippen molar-refractivity contribution in [3.8, 4) is 44.8 Å². The lowest BCUT2D eigenvalue weighted by atomic mass is 9.99. The monoisotopic (exact) mass is 680 g/mol. The fourth-order valence-corrected chi connectivity index (χ4v) is 7.35. The number of aromatic nitrogens is 1. The van der Waals surface area contributed by atoms with Crippen LogP contribution in [0.2, 0.25) is 0 Å². The van der Waals surface area contributed by atoms with E-state index in [2.05, 4.69) is 150 Å². The maximum Gasteiger partial charge on any atom is 0.227 e. The number of furan rings is 1. The molecule has 0 amide bonds. The molecule has 0 radical (unpaired) electrons. The fourth-order valence-electron chi connectivity index (χ4n) is 7.35. The Balaban J connectivity index is 1.13. The number of benzene rings is 8. The topological polar surface area (TPSA) is 42.4 Å². The molecule has 53 heavy (non-hydrogen) atoms. The third-order valence-corrected chi connectivity index (χ3v) is 9.93. The average Bonchev–Trinajstić information content (AvgIpc) is 3.82. The Labute approximate surface area is 306 Å². The zero-order valence-corrected chi connectivity index (χ0v) is 28.7. The molecule has 0 unspecified atom stereocenters. The molecule has 4 nitrogen and oxygen atoms in total. The second-order valence-electron chi connectivity index (χ2n) is 13.2. The van der Waals surface area contributed by atoms with E-state index in [0.29, 0.717) is 11.5 Å². The number of para-hydroxylation sites is 1. The summed E-state index contributed by atoms with van der Waals surface area (Å²) in [6, 6.07) is 67.6. The van der Waals surface area contributed by atoms with Crippen LogP contribution >= 0.6 is 0 Å². The molecular formula is C49H32N2O2. The van der Waals surface area contributed by atoms with E-state index in [-0.39, 0.29) is 0 Å². The first kappa shape index (κ1) is 30.6. The maximum atomic E-state index is 6.56. The molecule has 2 aromatic heterocycles. The van der Waals surface area contributed by atoms with Crippen LogP contribution in [0, 0.1) is 0 Å². The van der Waals surface area contributed by atoms with Gasteiger partial charge in [-0.2, -0.15) is 0 Å². The van der Waals surface area contributed by atoms with Gasteiger partial charge in [0.25, 0.3) is 0 Å². The van der Waals surface area contributed by atoms with Gasteiger partial charge in [-0.15, -0.1) is 0 Å².